The van der Waals surface area contributed by atoms with Crippen LogP contribution in [0, 0.1) is 11.6 Å². The molecule has 0 N–H and O–H groups in total. The van der Waals surface area contributed by atoms with Crippen LogP contribution in [0.15, 0.2) is 30.3 Å². The molecule has 0 bridgehead atoms. The summed E-state index contributed by atoms with van der Waals surface area (Å²) in [5, 5.41) is -1.13. The van der Waals surface area contributed by atoms with Crippen molar-refractivity contribution < 1.29 is 18.3 Å². The van der Waals surface area contributed by atoms with Gasteiger partial charge in [0.15, 0.2) is 11.5 Å². The van der Waals surface area contributed by atoms with E-state index in [-0.39, 0.29) is 10.6 Å². The number of halogens is 4. The third-order valence-electron chi connectivity index (χ3n) is 3.17. The Morgan fingerprint density at radius 1 is 0.952 bits per heavy atom. The van der Waals surface area contributed by atoms with Gasteiger partial charge in [0.25, 0.3) is 0 Å². The number of ether oxygens (including phenoxy) is 2. The third kappa shape index (κ3) is 2.78. The molecular formula is C15H10Cl2F2O2. The monoisotopic (exact) mass is 330 g/mol. The van der Waals surface area contributed by atoms with E-state index in [0.29, 0.717) is 30.3 Å². The smallest absolute Gasteiger partial charge is 0.161 e. The summed E-state index contributed by atoms with van der Waals surface area (Å²) in [6, 6.07) is 6.98. The van der Waals surface area contributed by atoms with Gasteiger partial charge < -0.3 is 9.47 Å². The van der Waals surface area contributed by atoms with Crippen molar-refractivity contribution in [2.45, 2.75) is 5.38 Å². The van der Waals surface area contributed by atoms with Crippen molar-refractivity contribution in [2.75, 3.05) is 13.2 Å². The first-order valence-electron chi connectivity index (χ1n) is 6.24. The van der Waals surface area contributed by atoms with Crippen molar-refractivity contribution in [3.8, 4) is 11.5 Å². The molecule has 2 aromatic rings. The van der Waals surface area contributed by atoms with E-state index in [4.69, 9.17) is 32.7 Å². The number of rotatable bonds is 2. The minimum absolute atomic E-state index is 0.0234. The molecule has 110 valence electrons. The summed E-state index contributed by atoms with van der Waals surface area (Å²) in [7, 11) is 0. The molecule has 21 heavy (non-hydrogen) atoms. The second-order valence-electron chi connectivity index (χ2n) is 4.55. The Morgan fingerprint density at radius 2 is 1.67 bits per heavy atom. The van der Waals surface area contributed by atoms with Crippen LogP contribution in [0.5, 0.6) is 11.5 Å². The fourth-order valence-electron chi connectivity index (χ4n) is 2.13. The van der Waals surface area contributed by atoms with Crippen LogP contribution in [0.25, 0.3) is 0 Å². The van der Waals surface area contributed by atoms with Gasteiger partial charge in [-0.15, -0.1) is 11.6 Å². The van der Waals surface area contributed by atoms with E-state index in [1.54, 1.807) is 18.2 Å². The van der Waals surface area contributed by atoms with Crippen LogP contribution in [0.3, 0.4) is 0 Å². The van der Waals surface area contributed by atoms with Crippen molar-refractivity contribution in [2.24, 2.45) is 0 Å². The predicted octanol–water partition coefficient (Wildman–Crippen LogP) is 4.72. The number of alkyl halides is 1. The molecule has 2 aromatic carbocycles. The molecule has 1 unspecified atom stereocenters. The van der Waals surface area contributed by atoms with Gasteiger partial charge in [0.1, 0.15) is 24.8 Å². The van der Waals surface area contributed by atoms with Gasteiger partial charge in [-0.25, -0.2) is 8.78 Å². The summed E-state index contributed by atoms with van der Waals surface area (Å²) in [6.45, 7) is 0.918. The van der Waals surface area contributed by atoms with Crippen molar-refractivity contribution in [1.29, 1.82) is 0 Å². The van der Waals surface area contributed by atoms with E-state index >= 15 is 0 Å². The zero-order chi connectivity index (χ0) is 15.0. The Morgan fingerprint density at radius 3 is 2.43 bits per heavy atom. The largest absolute Gasteiger partial charge is 0.486 e. The highest BCUT2D eigenvalue weighted by Gasteiger charge is 2.20. The fraction of sp³-hybridized carbons (Fsp3) is 0.200. The quantitative estimate of drug-likeness (QED) is 0.586. The molecule has 2 nitrogen and oxygen atoms in total. The van der Waals surface area contributed by atoms with Gasteiger partial charge in [-0.05, 0) is 29.8 Å². The van der Waals surface area contributed by atoms with Gasteiger partial charge in [0.05, 0.1) is 10.4 Å². The Hall–Kier alpha value is -1.52. The molecule has 0 fully saturated rings. The highest BCUT2D eigenvalue weighted by molar-refractivity contribution is 6.30. The Labute approximate surface area is 130 Å². The molecule has 0 aromatic heterocycles. The van der Waals surface area contributed by atoms with Gasteiger partial charge in [-0.1, -0.05) is 17.7 Å². The number of hydrogen-bond acceptors (Lipinski definition) is 2. The lowest BCUT2D eigenvalue weighted by molar-refractivity contribution is 0.171. The highest BCUT2D eigenvalue weighted by Crippen LogP contribution is 2.38. The zero-order valence-electron chi connectivity index (χ0n) is 10.7. The van der Waals surface area contributed by atoms with Crippen LogP contribution in [0.4, 0.5) is 8.78 Å². The molecular weight excluding hydrogens is 321 g/mol. The molecule has 1 atom stereocenters. The van der Waals surface area contributed by atoms with E-state index in [2.05, 4.69) is 0 Å². The van der Waals surface area contributed by atoms with E-state index < -0.39 is 17.0 Å². The normalized spacial score (nSPS) is 14.9. The molecule has 0 saturated heterocycles. The number of benzene rings is 2. The standard InChI is InChI=1S/C15H10Cl2F2O2/c16-10-7-11(18)9(6-12(10)19)15(17)8-1-2-13-14(5-8)21-4-3-20-13/h1-2,5-7,15H,3-4H2. The van der Waals surface area contributed by atoms with Gasteiger partial charge >= 0.3 is 0 Å². The average molecular weight is 331 g/mol. The first kappa shape index (κ1) is 14.4. The van der Waals surface area contributed by atoms with Crippen molar-refractivity contribution in [3.05, 3.63) is 58.1 Å². The molecule has 1 heterocycles. The van der Waals surface area contributed by atoms with Gasteiger partial charge in [-0.3, -0.25) is 0 Å². The summed E-state index contributed by atoms with van der Waals surface area (Å²) in [5.41, 5.74) is 0.608. The zero-order valence-corrected chi connectivity index (χ0v) is 12.2. The Bertz CT molecular complexity index is 692. The van der Waals surface area contributed by atoms with Gasteiger partial charge in [0, 0.05) is 5.56 Å². The van der Waals surface area contributed by atoms with Crippen molar-refractivity contribution >= 4 is 23.2 Å². The highest BCUT2D eigenvalue weighted by atomic mass is 35.5. The molecule has 0 aliphatic carbocycles. The van der Waals surface area contributed by atoms with E-state index in [1.165, 1.54) is 0 Å². The molecule has 0 saturated carbocycles. The average Bonchev–Trinajstić information content (AvgIpc) is 2.50. The fourth-order valence-corrected chi connectivity index (χ4v) is 2.58. The molecule has 1 aliphatic heterocycles. The Kier molecular flexibility index (Phi) is 3.91. The summed E-state index contributed by atoms with van der Waals surface area (Å²) < 4.78 is 38.3. The van der Waals surface area contributed by atoms with E-state index in [9.17, 15) is 8.78 Å². The summed E-state index contributed by atoms with van der Waals surface area (Å²) >= 11 is 11.8. The lowest BCUT2D eigenvalue weighted by atomic mass is 10.0. The second kappa shape index (κ2) is 5.70. The van der Waals surface area contributed by atoms with Crippen LogP contribution >= 0.6 is 23.2 Å². The molecule has 6 heteroatoms. The maximum absolute atomic E-state index is 13.9. The minimum atomic E-state index is -0.854. The van der Waals surface area contributed by atoms with Gasteiger partial charge in [-0.2, -0.15) is 0 Å². The predicted molar refractivity (Wildman–Crippen MR) is 76.5 cm³/mol. The summed E-state index contributed by atoms with van der Waals surface area (Å²) in [5.74, 6) is -0.219. The van der Waals surface area contributed by atoms with Crippen LogP contribution in [0.1, 0.15) is 16.5 Å². The Balaban J connectivity index is 1.98. The lowest BCUT2D eigenvalue weighted by Crippen LogP contribution is -2.15. The van der Waals surface area contributed by atoms with E-state index in [0.717, 1.165) is 12.1 Å². The van der Waals surface area contributed by atoms with E-state index in [1.807, 2.05) is 0 Å². The van der Waals surface area contributed by atoms with Crippen molar-refractivity contribution in [1.82, 2.24) is 0 Å². The topological polar surface area (TPSA) is 18.5 Å². The van der Waals surface area contributed by atoms with Crippen LogP contribution in [-0.4, -0.2) is 13.2 Å². The summed E-state index contributed by atoms with van der Waals surface area (Å²) in [4.78, 5) is 0. The van der Waals surface area contributed by atoms with Crippen LogP contribution in [0.2, 0.25) is 5.02 Å². The van der Waals surface area contributed by atoms with Gasteiger partial charge in [0.2, 0.25) is 0 Å². The first-order chi connectivity index (χ1) is 10.1. The van der Waals surface area contributed by atoms with Crippen LogP contribution in [-0.2, 0) is 0 Å². The van der Waals surface area contributed by atoms with Crippen LogP contribution < -0.4 is 9.47 Å². The first-order valence-corrected chi connectivity index (χ1v) is 7.06. The molecule has 3 rings (SSSR count). The second-order valence-corrected chi connectivity index (χ2v) is 5.40. The third-order valence-corrected chi connectivity index (χ3v) is 3.95. The lowest BCUT2D eigenvalue weighted by Gasteiger charge is -2.20. The molecule has 0 spiro atoms. The maximum atomic E-state index is 13.9. The maximum Gasteiger partial charge on any atom is 0.161 e. The number of fused-ring (bicyclic) bond motifs is 1. The minimum Gasteiger partial charge on any atom is -0.486 e. The number of hydrogen-bond donors (Lipinski definition) is 0. The molecule has 1 aliphatic rings. The molecule has 0 amide bonds. The molecule has 0 radical (unpaired) electrons. The summed E-state index contributed by atoms with van der Waals surface area (Å²) in [6.07, 6.45) is 0. The van der Waals surface area contributed by atoms with Crippen molar-refractivity contribution in [3.63, 3.8) is 0 Å². The SMILES string of the molecule is Fc1cc(C(Cl)c2ccc3c(c2)OCCO3)c(F)cc1Cl.